The van der Waals surface area contributed by atoms with E-state index >= 15 is 0 Å². The lowest BCUT2D eigenvalue weighted by Crippen LogP contribution is -2.33. The Balaban J connectivity index is 2.97. The van der Waals surface area contributed by atoms with Gasteiger partial charge in [0.1, 0.15) is 4.88 Å². The van der Waals surface area contributed by atoms with Crippen molar-refractivity contribution in [3.8, 4) is 0 Å². The fraction of sp³-hybridized carbons (Fsp3) is 0.692. The predicted octanol–water partition coefficient (Wildman–Crippen LogP) is 3.55. The summed E-state index contributed by atoms with van der Waals surface area (Å²) in [5.74, 6) is -0.879. The molecular formula is C13H22N2O2S. The average molecular weight is 270 g/mol. The van der Waals surface area contributed by atoms with Crippen molar-refractivity contribution in [2.75, 3.05) is 11.4 Å². The van der Waals surface area contributed by atoms with Crippen LogP contribution in [0.1, 0.15) is 55.4 Å². The third kappa shape index (κ3) is 3.45. The molecule has 1 N–H and O–H groups in total. The molecule has 1 aromatic rings. The number of aromatic nitrogens is 1. The highest BCUT2D eigenvalue weighted by Gasteiger charge is 2.20. The summed E-state index contributed by atoms with van der Waals surface area (Å²) in [6.45, 7) is 9.16. The molecule has 0 spiro atoms. The summed E-state index contributed by atoms with van der Waals surface area (Å²) < 4.78 is 0. The third-order valence-corrected chi connectivity index (χ3v) is 4.28. The van der Waals surface area contributed by atoms with E-state index in [0.717, 1.165) is 30.9 Å². The summed E-state index contributed by atoms with van der Waals surface area (Å²) in [6, 6.07) is 0.392. The normalized spacial score (nSPS) is 12.4. The van der Waals surface area contributed by atoms with E-state index in [9.17, 15) is 4.79 Å². The van der Waals surface area contributed by atoms with E-state index in [0.29, 0.717) is 16.6 Å². The summed E-state index contributed by atoms with van der Waals surface area (Å²) in [7, 11) is 0. The molecular weight excluding hydrogens is 248 g/mol. The van der Waals surface area contributed by atoms with Gasteiger partial charge in [0, 0.05) is 12.6 Å². The number of nitrogens with zero attached hydrogens (tertiary/aromatic N) is 2. The zero-order valence-electron chi connectivity index (χ0n) is 11.6. The quantitative estimate of drug-likeness (QED) is 0.823. The lowest BCUT2D eigenvalue weighted by molar-refractivity contribution is 0.0701. The molecule has 102 valence electrons. The molecule has 0 radical (unpaired) electrons. The van der Waals surface area contributed by atoms with Crippen molar-refractivity contribution in [1.82, 2.24) is 4.98 Å². The Morgan fingerprint density at radius 3 is 2.61 bits per heavy atom. The molecule has 5 heteroatoms. The fourth-order valence-corrected chi connectivity index (χ4v) is 2.79. The van der Waals surface area contributed by atoms with E-state index in [4.69, 9.17) is 5.11 Å². The predicted molar refractivity (Wildman–Crippen MR) is 75.8 cm³/mol. The first-order chi connectivity index (χ1) is 8.51. The molecule has 0 saturated heterocycles. The van der Waals surface area contributed by atoms with Crippen molar-refractivity contribution >= 4 is 22.4 Å². The summed E-state index contributed by atoms with van der Waals surface area (Å²) in [6.07, 6.45) is 3.26. The van der Waals surface area contributed by atoms with Gasteiger partial charge >= 0.3 is 5.97 Å². The van der Waals surface area contributed by atoms with Crippen LogP contribution in [0.15, 0.2) is 0 Å². The molecule has 1 aromatic heterocycles. The fourth-order valence-electron chi connectivity index (χ4n) is 1.76. The zero-order chi connectivity index (χ0) is 13.7. The molecule has 0 aromatic carbocycles. The maximum atomic E-state index is 11.1. The Kier molecular flexibility index (Phi) is 5.59. The summed E-state index contributed by atoms with van der Waals surface area (Å²) in [4.78, 5) is 18.1. The van der Waals surface area contributed by atoms with Crippen LogP contribution in [0.3, 0.4) is 0 Å². The summed E-state index contributed by atoms with van der Waals surface area (Å²) in [5.41, 5.74) is 0.618. The number of rotatable bonds is 7. The second-order valence-corrected chi connectivity index (χ2v) is 5.50. The number of hydrogen-bond donors (Lipinski definition) is 1. The smallest absolute Gasteiger partial charge is 0.347 e. The number of hydrogen-bond acceptors (Lipinski definition) is 4. The first kappa shape index (κ1) is 15.0. The Morgan fingerprint density at radius 2 is 2.17 bits per heavy atom. The highest BCUT2D eigenvalue weighted by atomic mass is 32.1. The maximum Gasteiger partial charge on any atom is 0.347 e. The van der Waals surface area contributed by atoms with Crippen LogP contribution < -0.4 is 4.90 Å². The number of carboxylic acids is 1. The molecule has 0 bridgehead atoms. The van der Waals surface area contributed by atoms with Crippen LogP contribution in [0, 0.1) is 6.92 Å². The molecule has 4 nitrogen and oxygen atoms in total. The van der Waals surface area contributed by atoms with E-state index in [1.165, 1.54) is 11.3 Å². The third-order valence-electron chi connectivity index (χ3n) is 3.10. The lowest BCUT2D eigenvalue weighted by atomic mass is 10.2. The number of aromatic carboxylic acids is 1. The van der Waals surface area contributed by atoms with Crippen molar-refractivity contribution in [1.29, 1.82) is 0 Å². The van der Waals surface area contributed by atoms with E-state index in [1.807, 2.05) is 0 Å². The SMILES string of the molecule is CCCCN(c1nc(C)c(C(=O)O)s1)C(C)CC. The van der Waals surface area contributed by atoms with Crippen molar-refractivity contribution in [2.24, 2.45) is 0 Å². The van der Waals surface area contributed by atoms with Gasteiger partial charge in [0.15, 0.2) is 5.13 Å². The van der Waals surface area contributed by atoms with Crippen LogP contribution in [0.5, 0.6) is 0 Å². The van der Waals surface area contributed by atoms with Gasteiger partial charge < -0.3 is 10.0 Å². The average Bonchev–Trinajstić information content (AvgIpc) is 2.71. The Hall–Kier alpha value is -1.10. The topological polar surface area (TPSA) is 53.4 Å². The van der Waals surface area contributed by atoms with Crippen LogP contribution in [0.25, 0.3) is 0 Å². The maximum absolute atomic E-state index is 11.1. The first-order valence-corrected chi connectivity index (χ1v) is 7.30. The first-order valence-electron chi connectivity index (χ1n) is 6.48. The van der Waals surface area contributed by atoms with Gasteiger partial charge in [-0.25, -0.2) is 9.78 Å². The number of thiazole rings is 1. The molecule has 0 fully saturated rings. The molecule has 0 aliphatic heterocycles. The number of unbranched alkanes of at least 4 members (excludes halogenated alkanes) is 1. The van der Waals surface area contributed by atoms with Crippen LogP contribution >= 0.6 is 11.3 Å². The van der Waals surface area contributed by atoms with Gasteiger partial charge in [-0.05, 0) is 26.7 Å². The number of anilines is 1. The largest absolute Gasteiger partial charge is 0.477 e. The van der Waals surface area contributed by atoms with E-state index in [2.05, 4.69) is 30.7 Å². The minimum absolute atomic E-state index is 0.356. The van der Waals surface area contributed by atoms with Crippen molar-refractivity contribution in [3.05, 3.63) is 10.6 Å². The molecule has 0 aliphatic carbocycles. The molecule has 1 rings (SSSR count). The van der Waals surface area contributed by atoms with Crippen LogP contribution in [0.2, 0.25) is 0 Å². The molecule has 1 unspecified atom stereocenters. The molecule has 0 saturated carbocycles. The Bertz CT molecular complexity index is 404. The van der Waals surface area contributed by atoms with Gasteiger partial charge in [0.05, 0.1) is 5.69 Å². The summed E-state index contributed by atoms with van der Waals surface area (Å²) in [5, 5.41) is 9.92. The van der Waals surface area contributed by atoms with Crippen molar-refractivity contribution in [3.63, 3.8) is 0 Å². The van der Waals surface area contributed by atoms with E-state index in [1.54, 1.807) is 6.92 Å². The molecule has 1 atom stereocenters. The second kappa shape index (κ2) is 6.73. The molecule has 0 aliphatic rings. The monoisotopic (exact) mass is 270 g/mol. The molecule has 0 amide bonds. The van der Waals surface area contributed by atoms with Gasteiger partial charge in [0.25, 0.3) is 0 Å². The Morgan fingerprint density at radius 1 is 1.50 bits per heavy atom. The highest BCUT2D eigenvalue weighted by molar-refractivity contribution is 7.17. The Labute approximate surface area is 113 Å². The minimum atomic E-state index is -0.879. The van der Waals surface area contributed by atoms with Gasteiger partial charge in [-0.1, -0.05) is 31.6 Å². The minimum Gasteiger partial charge on any atom is -0.477 e. The van der Waals surface area contributed by atoms with Gasteiger partial charge in [-0.2, -0.15) is 0 Å². The summed E-state index contributed by atoms with van der Waals surface area (Å²) >= 11 is 1.29. The van der Waals surface area contributed by atoms with E-state index in [-0.39, 0.29) is 0 Å². The second-order valence-electron chi connectivity index (χ2n) is 4.52. The zero-order valence-corrected chi connectivity index (χ0v) is 12.4. The highest BCUT2D eigenvalue weighted by Crippen LogP contribution is 2.28. The number of carboxylic acid groups (broad SMARTS) is 1. The van der Waals surface area contributed by atoms with Crippen molar-refractivity contribution in [2.45, 2.75) is 53.0 Å². The molecule has 18 heavy (non-hydrogen) atoms. The number of carbonyl (C=O) groups is 1. The number of aryl methyl sites for hydroxylation is 1. The van der Waals surface area contributed by atoms with Crippen LogP contribution in [-0.2, 0) is 0 Å². The van der Waals surface area contributed by atoms with Crippen LogP contribution in [-0.4, -0.2) is 28.6 Å². The van der Waals surface area contributed by atoms with Gasteiger partial charge in [0.2, 0.25) is 0 Å². The lowest BCUT2D eigenvalue weighted by Gasteiger charge is -2.28. The van der Waals surface area contributed by atoms with Gasteiger partial charge in [-0.15, -0.1) is 0 Å². The van der Waals surface area contributed by atoms with Crippen molar-refractivity contribution < 1.29 is 9.90 Å². The molecule has 1 heterocycles. The van der Waals surface area contributed by atoms with Crippen LogP contribution in [0.4, 0.5) is 5.13 Å². The van der Waals surface area contributed by atoms with Gasteiger partial charge in [-0.3, -0.25) is 0 Å². The van der Waals surface area contributed by atoms with E-state index < -0.39 is 5.97 Å². The standard InChI is InChI=1S/C13H22N2O2S/c1-5-7-8-15(9(3)6-2)13-14-10(4)11(18-13)12(16)17/h9H,5-8H2,1-4H3,(H,16,17).